The van der Waals surface area contributed by atoms with Crippen molar-refractivity contribution in [2.24, 2.45) is 0 Å². The molecule has 2 nitrogen and oxygen atoms in total. The molecule has 0 aliphatic carbocycles. The molecule has 0 bridgehead atoms. The number of Topliss-reactive ketones (excluding diaryl/α,β-unsaturated/α-hetero) is 1. The van der Waals surface area contributed by atoms with Crippen molar-refractivity contribution in [3.05, 3.63) is 30.3 Å². The van der Waals surface area contributed by atoms with Crippen LogP contribution in [0.15, 0.2) is 30.3 Å². The third-order valence-corrected chi connectivity index (χ3v) is 2.78. The van der Waals surface area contributed by atoms with E-state index in [-0.39, 0.29) is 5.78 Å². The van der Waals surface area contributed by atoms with Crippen LogP contribution in [0.4, 0.5) is 0 Å². The predicted octanol–water partition coefficient (Wildman–Crippen LogP) is 3.06. The number of para-hydroxylation sites is 1. The molecule has 0 aromatic heterocycles. The van der Waals surface area contributed by atoms with E-state index < -0.39 is 0 Å². The second-order valence-electron chi connectivity index (χ2n) is 2.97. The molecular weight excluding hydrogens is 228 g/mol. The minimum atomic E-state index is 0.171. The van der Waals surface area contributed by atoms with Crippen LogP contribution < -0.4 is 4.74 Å². The smallest absolute Gasteiger partial charge is 0.225 e. The Bertz CT molecular complexity index is 336. The lowest BCUT2D eigenvalue weighted by Crippen LogP contribution is -2.02. The van der Waals surface area contributed by atoms with E-state index in [1.807, 2.05) is 30.3 Å². The van der Waals surface area contributed by atoms with Crippen LogP contribution in [0.25, 0.3) is 0 Å². The van der Waals surface area contributed by atoms with Crippen LogP contribution in [0.2, 0.25) is 0 Å². The molecule has 0 fully saturated rings. The fourth-order valence-electron chi connectivity index (χ4n) is 0.892. The van der Waals surface area contributed by atoms with E-state index in [0.29, 0.717) is 16.6 Å². The zero-order chi connectivity index (χ0) is 11.1. The van der Waals surface area contributed by atoms with Gasteiger partial charge in [-0.05, 0) is 31.3 Å². The number of thiocarbonyl (C=S) groups is 1. The molecule has 1 rings (SSSR count). The third-order valence-electron chi connectivity index (χ3n) is 1.62. The van der Waals surface area contributed by atoms with Crippen molar-refractivity contribution in [2.45, 2.75) is 13.3 Å². The summed E-state index contributed by atoms with van der Waals surface area (Å²) in [5.41, 5.74) is 0. The number of hydrogen-bond acceptors (Lipinski definition) is 4. The molecule has 0 unspecified atom stereocenters. The monoisotopic (exact) mass is 240 g/mol. The lowest BCUT2D eigenvalue weighted by atomic mass is 10.3. The molecule has 4 heteroatoms. The van der Waals surface area contributed by atoms with Gasteiger partial charge in [0.1, 0.15) is 11.5 Å². The van der Waals surface area contributed by atoms with Crippen molar-refractivity contribution in [3.8, 4) is 5.75 Å². The standard InChI is InChI=1S/C11H12O2S2/c1-9(12)7-8-15-11(14)13-10-5-3-2-4-6-10/h2-6H,7-8H2,1H3. The molecule has 0 heterocycles. The SMILES string of the molecule is CC(=O)CCSC(=S)Oc1ccccc1. The Morgan fingerprint density at radius 1 is 1.40 bits per heavy atom. The number of rotatable bonds is 4. The van der Waals surface area contributed by atoms with Gasteiger partial charge in [-0.2, -0.15) is 0 Å². The molecule has 0 radical (unpaired) electrons. The van der Waals surface area contributed by atoms with Crippen molar-refractivity contribution in [2.75, 3.05) is 5.75 Å². The highest BCUT2D eigenvalue weighted by atomic mass is 32.2. The molecule has 80 valence electrons. The maximum absolute atomic E-state index is 10.7. The lowest BCUT2D eigenvalue weighted by molar-refractivity contribution is -0.116. The van der Waals surface area contributed by atoms with Crippen molar-refractivity contribution in [1.82, 2.24) is 0 Å². The molecule has 0 spiro atoms. The average molecular weight is 240 g/mol. The van der Waals surface area contributed by atoms with E-state index in [4.69, 9.17) is 17.0 Å². The highest BCUT2D eigenvalue weighted by Gasteiger charge is 2.01. The minimum absolute atomic E-state index is 0.171. The van der Waals surface area contributed by atoms with Crippen molar-refractivity contribution < 1.29 is 9.53 Å². The maximum atomic E-state index is 10.7. The summed E-state index contributed by atoms with van der Waals surface area (Å²) >= 11 is 6.41. The molecule has 0 saturated carbocycles. The summed E-state index contributed by atoms with van der Waals surface area (Å²) in [7, 11) is 0. The largest absolute Gasteiger partial charge is 0.440 e. The number of ketones is 1. The number of hydrogen-bond donors (Lipinski definition) is 0. The van der Waals surface area contributed by atoms with Gasteiger partial charge in [0.2, 0.25) is 4.38 Å². The number of ether oxygens (including phenoxy) is 1. The fourth-order valence-corrected chi connectivity index (χ4v) is 1.95. The maximum Gasteiger partial charge on any atom is 0.225 e. The fraction of sp³-hybridized carbons (Fsp3) is 0.273. The number of benzene rings is 1. The van der Waals surface area contributed by atoms with Gasteiger partial charge in [-0.3, -0.25) is 4.79 Å². The summed E-state index contributed by atoms with van der Waals surface area (Å²) in [4.78, 5) is 10.7. The normalized spacial score (nSPS) is 9.67. The Balaban J connectivity index is 2.28. The molecule has 0 amide bonds. The number of carbonyl (C=O) groups is 1. The Kier molecular flexibility index (Phi) is 5.36. The highest BCUT2D eigenvalue weighted by Crippen LogP contribution is 2.14. The van der Waals surface area contributed by atoms with Crippen LogP contribution >= 0.6 is 24.0 Å². The van der Waals surface area contributed by atoms with Gasteiger partial charge >= 0.3 is 0 Å². The topological polar surface area (TPSA) is 26.3 Å². The van der Waals surface area contributed by atoms with E-state index in [0.717, 1.165) is 5.75 Å². The first-order chi connectivity index (χ1) is 7.18. The molecular formula is C11H12O2S2. The molecule has 0 aliphatic rings. The lowest BCUT2D eigenvalue weighted by Gasteiger charge is -2.04. The molecule has 0 saturated heterocycles. The number of thioether (sulfide) groups is 1. The van der Waals surface area contributed by atoms with Crippen molar-refractivity contribution in [1.29, 1.82) is 0 Å². The van der Waals surface area contributed by atoms with E-state index in [9.17, 15) is 4.79 Å². The first-order valence-electron chi connectivity index (χ1n) is 4.57. The summed E-state index contributed by atoms with van der Waals surface area (Å²) in [6.07, 6.45) is 0.531. The Hall–Kier alpha value is -0.870. The molecule has 0 N–H and O–H groups in total. The van der Waals surface area contributed by atoms with E-state index in [1.165, 1.54) is 11.8 Å². The van der Waals surface area contributed by atoms with Crippen LogP contribution in [0, 0.1) is 0 Å². The van der Waals surface area contributed by atoms with Gasteiger partial charge in [-0.1, -0.05) is 30.0 Å². The Morgan fingerprint density at radius 2 is 2.07 bits per heavy atom. The Morgan fingerprint density at radius 3 is 2.67 bits per heavy atom. The van der Waals surface area contributed by atoms with Crippen LogP contribution in [0.1, 0.15) is 13.3 Å². The highest BCUT2D eigenvalue weighted by molar-refractivity contribution is 8.22. The van der Waals surface area contributed by atoms with Gasteiger partial charge in [-0.25, -0.2) is 0 Å². The van der Waals surface area contributed by atoms with Crippen LogP contribution in [-0.2, 0) is 4.79 Å². The van der Waals surface area contributed by atoms with Crippen LogP contribution in [-0.4, -0.2) is 15.9 Å². The zero-order valence-electron chi connectivity index (χ0n) is 8.43. The van der Waals surface area contributed by atoms with Gasteiger partial charge < -0.3 is 4.74 Å². The van der Waals surface area contributed by atoms with Crippen molar-refractivity contribution >= 4 is 34.1 Å². The van der Waals surface area contributed by atoms with Crippen LogP contribution in [0.3, 0.4) is 0 Å². The van der Waals surface area contributed by atoms with Gasteiger partial charge in [0, 0.05) is 12.2 Å². The summed E-state index contributed by atoms with van der Waals surface area (Å²) in [6, 6.07) is 9.38. The van der Waals surface area contributed by atoms with Crippen molar-refractivity contribution in [3.63, 3.8) is 0 Å². The average Bonchev–Trinajstić information content (AvgIpc) is 2.18. The molecule has 15 heavy (non-hydrogen) atoms. The zero-order valence-corrected chi connectivity index (χ0v) is 10.1. The third kappa shape index (κ3) is 5.54. The van der Waals surface area contributed by atoms with E-state index >= 15 is 0 Å². The van der Waals surface area contributed by atoms with E-state index in [2.05, 4.69) is 0 Å². The van der Waals surface area contributed by atoms with Crippen LogP contribution in [0.5, 0.6) is 5.75 Å². The van der Waals surface area contributed by atoms with E-state index in [1.54, 1.807) is 6.92 Å². The summed E-state index contributed by atoms with van der Waals surface area (Å²) < 4.78 is 5.84. The minimum Gasteiger partial charge on any atom is -0.440 e. The van der Waals surface area contributed by atoms with Gasteiger partial charge in [0.15, 0.2) is 0 Å². The Labute approximate surface area is 99.0 Å². The molecule has 1 aromatic rings. The molecule has 1 aromatic carbocycles. The molecule has 0 aliphatic heterocycles. The summed E-state index contributed by atoms with van der Waals surface area (Å²) in [5.74, 6) is 1.59. The second kappa shape index (κ2) is 6.58. The number of carbonyl (C=O) groups excluding carboxylic acids is 1. The predicted molar refractivity (Wildman–Crippen MR) is 67.4 cm³/mol. The first-order valence-corrected chi connectivity index (χ1v) is 5.97. The van der Waals surface area contributed by atoms with Gasteiger partial charge in [0.05, 0.1) is 0 Å². The second-order valence-corrected chi connectivity index (χ2v) is 4.66. The summed E-state index contributed by atoms with van der Waals surface area (Å²) in [6.45, 7) is 1.57. The molecule has 0 atom stereocenters. The van der Waals surface area contributed by atoms with Gasteiger partial charge in [0.25, 0.3) is 0 Å². The summed E-state index contributed by atoms with van der Waals surface area (Å²) in [5, 5.41) is 0. The van der Waals surface area contributed by atoms with Gasteiger partial charge in [-0.15, -0.1) is 0 Å². The first kappa shape index (κ1) is 12.2. The quantitative estimate of drug-likeness (QED) is 0.756.